The van der Waals surface area contributed by atoms with Gasteiger partial charge in [0.25, 0.3) is 0 Å². The second kappa shape index (κ2) is 19.1. The van der Waals surface area contributed by atoms with Crippen molar-refractivity contribution < 1.29 is 24.3 Å². The lowest BCUT2D eigenvalue weighted by Crippen LogP contribution is -2.25. The molecule has 2 N–H and O–H groups in total. The van der Waals surface area contributed by atoms with Crippen LogP contribution in [0.5, 0.6) is 0 Å². The van der Waals surface area contributed by atoms with Crippen LogP contribution in [0.15, 0.2) is 52.5 Å². The van der Waals surface area contributed by atoms with Crippen LogP contribution in [0.4, 0.5) is 0 Å². The number of benzene rings is 1. The first-order valence-corrected chi connectivity index (χ1v) is 10.9. The lowest BCUT2D eigenvalue weighted by molar-refractivity contribution is -0.136. The molecule has 0 saturated heterocycles. The summed E-state index contributed by atoms with van der Waals surface area (Å²) in [5.74, 6) is -1.78. The number of rotatable bonds is 11. The van der Waals surface area contributed by atoms with Gasteiger partial charge in [0, 0.05) is 12.8 Å². The average molecular weight is 460 g/mol. The van der Waals surface area contributed by atoms with E-state index < -0.39 is 17.8 Å². The van der Waals surface area contributed by atoms with E-state index in [9.17, 15) is 19.3 Å². The van der Waals surface area contributed by atoms with Crippen molar-refractivity contribution in [3.63, 3.8) is 0 Å². The highest BCUT2D eigenvalue weighted by Crippen LogP contribution is 2.07. The van der Waals surface area contributed by atoms with Crippen LogP contribution < -0.4 is 5.32 Å². The van der Waals surface area contributed by atoms with Gasteiger partial charge < -0.3 is 15.3 Å². The van der Waals surface area contributed by atoms with Crippen molar-refractivity contribution in [3.8, 4) is 0 Å². The molecule has 0 aromatic heterocycles. The molecule has 2 rings (SSSR count). The largest absolute Gasteiger partial charge is 0.481 e. The van der Waals surface area contributed by atoms with Crippen molar-refractivity contribution in [2.45, 2.75) is 71.8 Å². The smallest absolute Gasteiger partial charge is 0.337 e. The first-order chi connectivity index (χ1) is 15.8. The number of nitrogens with zero attached hydrogens (tertiary/aromatic N) is 2. The first kappa shape index (κ1) is 29.4. The Morgan fingerprint density at radius 3 is 2.39 bits per heavy atom. The number of carbonyl (C=O) groups is 3. The minimum absolute atomic E-state index is 0.00986. The Hall–Kier alpha value is -3.58. The summed E-state index contributed by atoms with van der Waals surface area (Å²) in [5.41, 5.74) is 4.00. The van der Waals surface area contributed by atoms with Crippen LogP contribution in [0.3, 0.4) is 0 Å². The molecular formula is C24H33N3O6. The molecule has 180 valence electrons. The number of aliphatic imine (C=N–C) groups is 1. The number of hydrogen-bond donors (Lipinski definition) is 2. The molecule has 1 aliphatic rings. The van der Waals surface area contributed by atoms with Crippen LogP contribution in [0.25, 0.3) is 6.08 Å². The van der Waals surface area contributed by atoms with E-state index in [4.69, 9.17) is 5.11 Å². The SMILES string of the molecule is CCC(=O)O.CCCCCCC(C)ON=O.O=C1N=C(CC=C=Cc2ccccc2)NC1=O. The molecule has 33 heavy (non-hydrogen) atoms. The van der Waals surface area contributed by atoms with Crippen LogP contribution in [0.1, 0.15) is 71.3 Å². The molecule has 0 spiro atoms. The summed E-state index contributed by atoms with van der Waals surface area (Å²) in [6, 6.07) is 9.73. The molecule has 0 fully saturated rings. The van der Waals surface area contributed by atoms with E-state index >= 15 is 0 Å². The fourth-order valence-corrected chi connectivity index (χ4v) is 2.33. The topological polar surface area (TPSA) is 134 Å². The van der Waals surface area contributed by atoms with Crippen molar-refractivity contribution in [3.05, 3.63) is 52.6 Å². The summed E-state index contributed by atoms with van der Waals surface area (Å²) in [4.78, 5) is 48.7. The normalized spacial score (nSPS) is 12.4. The van der Waals surface area contributed by atoms with Crippen LogP contribution in [-0.2, 0) is 19.2 Å². The highest BCUT2D eigenvalue weighted by Gasteiger charge is 2.21. The van der Waals surface area contributed by atoms with Crippen LogP contribution >= 0.6 is 0 Å². The van der Waals surface area contributed by atoms with Crippen molar-refractivity contribution in [2.75, 3.05) is 0 Å². The number of carboxylic acid groups (broad SMARTS) is 1. The van der Waals surface area contributed by atoms with E-state index in [2.05, 4.69) is 33.1 Å². The van der Waals surface area contributed by atoms with Gasteiger partial charge in [-0.1, -0.05) is 63.4 Å². The molecule has 1 aromatic rings. The molecular weight excluding hydrogens is 426 g/mol. The summed E-state index contributed by atoms with van der Waals surface area (Å²) < 4.78 is 0. The minimum atomic E-state index is -0.745. The quantitative estimate of drug-likeness (QED) is 0.160. The Morgan fingerprint density at radius 2 is 1.88 bits per heavy atom. The van der Waals surface area contributed by atoms with E-state index in [0.29, 0.717) is 12.3 Å². The van der Waals surface area contributed by atoms with Gasteiger partial charge in [0.05, 0.1) is 0 Å². The van der Waals surface area contributed by atoms with Crippen molar-refractivity contribution in [1.82, 2.24) is 5.32 Å². The zero-order valence-electron chi connectivity index (χ0n) is 19.5. The molecule has 1 unspecified atom stereocenters. The summed E-state index contributed by atoms with van der Waals surface area (Å²) in [5, 5.41) is 12.5. The van der Waals surface area contributed by atoms with Gasteiger partial charge in [-0.05, 0) is 37.5 Å². The molecule has 9 nitrogen and oxygen atoms in total. The molecule has 0 bridgehead atoms. The van der Waals surface area contributed by atoms with Gasteiger partial charge >= 0.3 is 17.8 Å². The number of carboxylic acids is 1. The molecule has 1 atom stereocenters. The van der Waals surface area contributed by atoms with Crippen LogP contribution in [0.2, 0.25) is 0 Å². The van der Waals surface area contributed by atoms with E-state index in [1.54, 1.807) is 13.0 Å². The number of carbonyl (C=O) groups excluding carboxylic acids is 2. The van der Waals surface area contributed by atoms with Gasteiger partial charge in [0.15, 0.2) is 5.34 Å². The first-order valence-electron chi connectivity index (χ1n) is 10.9. The third-order valence-electron chi connectivity index (χ3n) is 4.14. The molecule has 0 aliphatic carbocycles. The number of amides is 2. The van der Waals surface area contributed by atoms with Crippen molar-refractivity contribution in [2.24, 2.45) is 10.3 Å². The molecule has 1 aromatic carbocycles. The van der Waals surface area contributed by atoms with Crippen molar-refractivity contribution >= 4 is 29.7 Å². The summed E-state index contributed by atoms with van der Waals surface area (Å²) in [7, 11) is 0. The molecule has 2 amide bonds. The second-order valence-electron chi connectivity index (χ2n) is 7.03. The third kappa shape index (κ3) is 16.7. The fraction of sp³-hybridized carbons (Fsp3) is 0.458. The van der Waals surface area contributed by atoms with Crippen LogP contribution in [0, 0.1) is 4.91 Å². The van der Waals surface area contributed by atoms with Gasteiger partial charge in [-0.3, -0.25) is 14.4 Å². The van der Waals surface area contributed by atoms with E-state index in [1.165, 1.54) is 19.3 Å². The van der Waals surface area contributed by atoms with E-state index in [1.807, 2.05) is 43.3 Å². The number of amidine groups is 1. The fourth-order valence-electron chi connectivity index (χ4n) is 2.33. The standard InChI is InChI=1S/C13H10N2O2.C8H17NO2.C3H6O2/c16-12-13(17)15-11(14-12)9-5-4-8-10-6-2-1-3-7-10;1-3-4-5-6-7-8(2)11-9-10;1-2-3(4)5/h1-3,5-8H,9H2,(H,14,15,16,17);8H,3-7H2,1-2H3;2H2,1H3,(H,4,5). The van der Waals surface area contributed by atoms with Gasteiger partial charge in [-0.15, -0.1) is 10.6 Å². The number of nitrogens with one attached hydrogen (secondary N) is 1. The monoisotopic (exact) mass is 459 g/mol. The molecule has 1 heterocycles. The lowest BCUT2D eigenvalue weighted by Gasteiger charge is -2.05. The minimum Gasteiger partial charge on any atom is -0.481 e. The lowest BCUT2D eigenvalue weighted by atomic mass is 10.1. The van der Waals surface area contributed by atoms with Gasteiger partial charge in [-0.25, -0.2) is 0 Å². The van der Waals surface area contributed by atoms with Gasteiger partial charge in [0.2, 0.25) is 0 Å². The predicted octanol–water partition coefficient (Wildman–Crippen LogP) is 4.82. The molecule has 0 saturated carbocycles. The third-order valence-corrected chi connectivity index (χ3v) is 4.14. The Kier molecular flexibility index (Phi) is 17.1. The van der Waals surface area contributed by atoms with Gasteiger partial charge in [0.1, 0.15) is 11.9 Å². The molecule has 9 heteroatoms. The zero-order chi connectivity index (χ0) is 24.9. The van der Waals surface area contributed by atoms with E-state index in [-0.39, 0.29) is 12.5 Å². The molecule has 0 radical (unpaired) electrons. The Morgan fingerprint density at radius 1 is 1.21 bits per heavy atom. The summed E-state index contributed by atoms with van der Waals surface area (Å²) >= 11 is 0. The number of aliphatic carboxylic acids is 1. The van der Waals surface area contributed by atoms with Crippen molar-refractivity contribution in [1.29, 1.82) is 0 Å². The Balaban J connectivity index is 0.000000551. The maximum atomic E-state index is 10.8. The van der Waals surface area contributed by atoms with E-state index in [0.717, 1.165) is 18.4 Å². The number of unbranched alkanes of at least 4 members (excludes halogenated alkanes) is 3. The maximum absolute atomic E-state index is 10.8. The maximum Gasteiger partial charge on any atom is 0.337 e. The molecule has 1 aliphatic heterocycles. The summed E-state index contributed by atoms with van der Waals surface area (Å²) in [6.45, 7) is 5.64. The zero-order valence-corrected chi connectivity index (χ0v) is 19.5. The van der Waals surface area contributed by atoms with Crippen LogP contribution in [-0.4, -0.2) is 34.8 Å². The second-order valence-corrected chi connectivity index (χ2v) is 7.03. The van der Waals surface area contributed by atoms with Gasteiger partial charge in [-0.2, -0.15) is 4.99 Å². The predicted molar refractivity (Wildman–Crippen MR) is 127 cm³/mol. The highest BCUT2D eigenvalue weighted by molar-refractivity contribution is 6.44. The highest BCUT2D eigenvalue weighted by atomic mass is 16.7. The average Bonchev–Trinajstić information content (AvgIpc) is 3.13. The Labute approximate surface area is 194 Å². The number of hydrogen-bond acceptors (Lipinski definition) is 6. The summed E-state index contributed by atoms with van der Waals surface area (Å²) in [6.07, 6.45) is 9.93. The Bertz CT molecular complexity index is 830.